The van der Waals surface area contributed by atoms with Crippen molar-refractivity contribution in [2.75, 3.05) is 18.5 Å². The number of sulfonamides is 1. The molecule has 0 radical (unpaired) electrons. The molecule has 1 aliphatic rings. The molecule has 1 atom stereocenters. The molecule has 3 rings (SSSR count). The van der Waals surface area contributed by atoms with Gasteiger partial charge in [-0.05, 0) is 43.2 Å². The van der Waals surface area contributed by atoms with Crippen molar-refractivity contribution in [3.05, 3.63) is 47.9 Å². The van der Waals surface area contributed by atoms with Gasteiger partial charge in [0, 0.05) is 13.2 Å². The van der Waals surface area contributed by atoms with E-state index in [2.05, 4.69) is 10.0 Å². The van der Waals surface area contributed by atoms with Gasteiger partial charge in [-0.3, -0.25) is 0 Å². The first kappa shape index (κ1) is 18.4. The van der Waals surface area contributed by atoms with Crippen molar-refractivity contribution in [1.82, 2.24) is 4.72 Å². The summed E-state index contributed by atoms with van der Waals surface area (Å²) < 4.78 is 38.5. The number of benzene rings is 1. The zero-order chi connectivity index (χ0) is 18.6. The van der Waals surface area contributed by atoms with Crippen LogP contribution < -0.4 is 10.0 Å². The Morgan fingerprint density at radius 3 is 2.81 bits per heavy atom. The average Bonchev–Trinajstić information content (AvgIpc) is 3.31. The van der Waals surface area contributed by atoms with E-state index in [1.807, 2.05) is 0 Å². The van der Waals surface area contributed by atoms with E-state index in [1.54, 1.807) is 12.1 Å². The highest BCUT2D eigenvalue weighted by Crippen LogP contribution is 2.24. The third-order valence-corrected chi connectivity index (χ3v) is 5.52. The van der Waals surface area contributed by atoms with Gasteiger partial charge in [-0.25, -0.2) is 17.9 Å². The summed E-state index contributed by atoms with van der Waals surface area (Å²) in [6.07, 6.45) is 3.34. The number of hydrogen-bond acceptors (Lipinski definition) is 6. The van der Waals surface area contributed by atoms with E-state index in [0.717, 1.165) is 18.9 Å². The Kier molecular flexibility index (Phi) is 5.60. The lowest BCUT2D eigenvalue weighted by molar-refractivity contribution is 0.0696. The van der Waals surface area contributed by atoms with Crippen LogP contribution in [0.15, 0.2) is 45.9 Å². The maximum Gasteiger partial charge on any atom is 0.335 e. The van der Waals surface area contributed by atoms with E-state index in [1.165, 1.54) is 18.4 Å². The Morgan fingerprint density at radius 2 is 2.15 bits per heavy atom. The molecule has 3 N–H and O–H groups in total. The normalized spacial score (nSPS) is 17.3. The molecule has 0 saturated carbocycles. The fraction of sp³-hybridized carbons (Fsp3) is 0.353. The lowest BCUT2D eigenvalue weighted by atomic mass is 10.2. The Hall–Kier alpha value is -2.36. The molecule has 0 amide bonds. The first-order valence-corrected chi connectivity index (χ1v) is 9.69. The van der Waals surface area contributed by atoms with Crippen LogP contribution in [0.1, 0.15) is 29.0 Å². The number of furan rings is 1. The highest BCUT2D eigenvalue weighted by Gasteiger charge is 2.22. The fourth-order valence-corrected chi connectivity index (χ4v) is 3.91. The summed E-state index contributed by atoms with van der Waals surface area (Å²) in [6.45, 7) is 1.12. The van der Waals surface area contributed by atoms with Gasteiger partial charge in [0.05, 0.1) is 30.2 Å². The van der Waals surface area contributed by atoms with Gasteiger partial charge in [0.1, 0.15) is 10.7 Å². The van der Waals surface area contributed by atoms with Gasteiger partial charge < -0.3 is 19.6 Å². The Labute approximate surface area is 151 Å². The van der Waals surface area contributed by atoms with Crippen molar-refractivity contribution in [2.45, 2.75) is 30.4 Å². The molecular formula is C17H20N2O6S. The van der Waals surface area contributed by atoms with Crippen LogP contribution in [0.2, 0.25) is 0 Å². The lowest BCUT2D eigenvalue weighted by Gasteiger charge is -2.16. The minimum absolute atomic E-state index is 0.0146. The Bertz CT molecular complexity index is 857. The Morgan fingerprint density at radius 1 is 1.31 bits per heavy atom. The number of anilines is 1. The van der Waals surface area contributed by atoms with Crippen molar-refractivity contribution in [3.63, 3.8) is 0 Å². The predicted octanol–water partition coefficient (Wildman–Crippen LogP) is 2.05. The number of rotatable bonds is 8. The molecule has 140 valence electrons. The summed E-state index contributed by atoms with van der Waals surface area (Å²) in [7, 11) is -3.95. The van der Waals surface area contributed by atoms with Gasteiger partial charge in [-0.15, -0.1) is 0 Å². The number of carboxylic acids is 1. The third-order valence-electron chi connectivity index (χ3n) is 4.08. The van der Waals surface area contributed by atoms with E-state index in [9.17, 15) is 18.3 Å². The van der Waals surface area contributed by atoms with Gasteiger partial charge in [-0.1, -0.05) is 0 Å². The number of ether oxygens (including phenoxy) is 1. The van der Waals surface area contributed by atoms with E-state index in [-0.39, 0.29) is 23.1 Å². The summed E-state index contributed by atoms with van der Waals surface area (Å²) in [5, 5.41) is 12.2. The monoisotopic (exact) mass is 380 g/mol. The molecule has 1 fully saturated rings. The molecule has 0 bridgehead atoms. The number of carbonyl (C=O) groups is 1. The van der Waals surface area contributed by atoms with Crippen LogP contribution in [0.5, 0.6) is 0 Å². The zero-order valence-electron chi connectivity index (χ0n) is 14.0. The summed E-state index contributed by atoms with van der Waals surface area (Å²) >= 11 is 0. The van der Waals surface area contributed by atoms with Crippen molar-refractivity contribution in [2.24, 2.45) is 0 Å². The largest absolute Gasteiger partial charge is 0.478 e. The van der Waals surface area contributed by atoms with Gasteiger partial charge in [-0.2, -0.15) is 0 Å². The topological polar surface area (TPSA) is 118 Å². The second kappa shape index (κ2) is 7.90. The summed E-state index contributed by atoms with van der Waals surface area (Å²) in [4.78, 5) is 11.1. The first-order chi connectivity index (χ1) is 12.5. The standard InChI is InChI=1S/C17H20N2O6S/c20-17(21)12-5-6-15(18-10-13-3-1-7-24-13)16(9-12)26(22,23)19-11-14-4-2-8-25-14/h2,4-6,8-9,13,18-19H,1,3,7,10-11H2,(H,20,21)/t13-/m0/s1. The second-order valence-electron chi connectivity index (χ2n) is 5.94. The number of nitrogens with one attached hydrogen (secondary N) is 2. The molecule has 8 nitrogen and oxygen atoms in total. The summed E-state index contributed by atoms with van der Waals surface area (Å²) in [5.74, 6) is -0.741. The molecule has 0 aliphatic carbocycles. The van der Waals surface area contributed by atoms with Crippen molar-refractivity contribution >= 4 is 21.7 Å². The van der Waals surface area contributed by atoms with Crippen molar-refractivity contribution in [1.29, 1.82) is 0 Å². The van der Waals surface area contributed by atoms with Gasteiger partial charge in [0.15, 0.2) is 0 Å². The second-order valence-corrected chi connectivity index (χ2v) is 7.67. The molecule has 1 aliphatic heterocycles. The maximum atomic E-state index is 12.7. The number of carboxylic acid groups (broad SMARTS) is 1. The van der Waals surface area contributed by atoms with Gasteiger partial charge in [0.2, 0.25) is 10.0 Å². The average molecular weight is 380 g/mol. The zero-order valence-corrected chi connectivity index (χ0v) is 14.8. The molecule has 0 spiro atoms. The third kappa shape index (κ3) is 4.43. The molecule has 1 saturated heterocycles. The minimum atomic E-state index is -3.95. The molecule has 1 aromatic carbocycles. The maximum absolute atomic E-state index is 12.7. The van der Waals surface area contributed by atoms with Crippen LogP contribution in [0.4, 0.5) is 5.69 Å². The van der Waals surface area contributed by atoms with Gasteiger partial charge in [0.25, 0.3) is 0 Å². The minimum Gasteiger partial charge on any atom is -0.478 e. The first-order valence-electron chi connectivity index (χ1n) is 8.20. The fourth-order valence-electron chi connectivity index (χ4n) is 2.71. The van der Waals surface area contributed by atoms with Crippen LogP contribution >= 0.6 is 0 Å². The molecule has 2 heterocycles. The molecular weight excluding hydrogens is 360 g/mol. The highest BCUT2D eigenvalue weighted by molar-refractivity contribution is 7.89. The van der Waals surface area contributed by atoms with E-state index >= 15 is 0 Å². The molecule has 9 heteroatoms. The number of aromatic carboxylic acids is 1. The SMILES string of the molecule is O=C(O)c1ccc(NC[C@@H]2CCCO2)c(S(=O)(=O)NCc2ccco2)c1. The van der Waals surface area contributed by atoms with Crippen molar-refractivity contribution < 1.29 is 27.5 Å². The van der Waals surface area contributed by atoms with E-state index in [4.69, 9.17) is 9.15 Å². The van der Waals surface area contributed by atoms with E-state index in [0.29, 0.717) is 24.6 Å². The van der Waals surface area contributed by atoms with Crippen LogP contribution in [0, 0.1) is 0 Å². The van der Waals surface area contributed by atoms with Crippen molar-refractivity contribution in [3.8, 4) is 0 Å². The molecule has 2 aromatic rings. The quantitative estimate of drug-likeness (QED) is 0.641. The Balaban J connectivity index is 1.82. The smallest absolute Gasteiger partial charge is 0.335 e. The highest BCUT2D eigenvalue weighted by atomic mass is 32.2. The van der Waals surface area contributed by atoms with Crippen LogP contribution in [0.3, 0.4) is 0 Å². The molecule has 1 aromatic heterocycles. The lowest BCUT2D eigenvalue weighted by Crippen LogP contribution is -2.26. The molecule has 26 heavy (non-hydrogen) atoms. The summed E-state index contributed by atoms with van der Waals surface area (Å²) in [6, 6.07) is 7.27. The van der Waals surface area contributed by atoms with Crippen LogP contribution in [-0.2, 0) is 21.3 Å². The van der Waals surface area contributed by atoms with E-state index < -0.39 is 16.0 Å². The molecule has 0 unspecified atom stereocenters. The number of hydrogen-bond donors (Lipinski definition) is 3. The van der Waals surface area contributed by atoms with Crippen LogP contribution in [0.25, 0.3) is 0 Å². The predicted molar refractivity (Wildman–Crippen MR) is 93.6 cm³/mol. The summed E-state index contributed by atoms with van der Waals surface area (Å²) in [5.41, 5.74) is 0.225. The van der Waals surface area contributed by atoms with Crippen LogP contribution in [-0.4, -0.2) is 38.7 Å². The van der Waals surface area contributed by atoms with Gasteiger partial charge >= 0.3 is 5.97 Å².